The van der Waals surface area contributed by atoms with Gasteiger partial charge in [0.05, 0.1) is 11.3 Å². The lowest BCUT2D eigenvalue weighted by Crippen LogP contribution is -2.16. The molecule has 4 nitrogen and oxygen atoms in total. The third-order valence-corrected chi connectivity index (χ3v) is 2.44. The Balaban J connectivity index is 2.27. The molecule has 0 bridgehead atoms. The fourth-order valence-electron chi connectivity index (χ4n) is 1.59. The fourth-order valence-corrected chi connectivity index (χ4v) is 1.59. The van der Waals surface area contributed by atoms with Gasteiger partial charge in [-0.15, -0.1) is 0 Å². The second-order valence-corrected chi connectivity index (χ2v) is 3.85. The van der Waals surface area contributed by atoms with Crippen LogP contribution in [0.5, 0.6) is 0 Å². The fraction of sp³-hybridized carbons (Fsp3) is 0.167. The van der Waals surface area contributed by atoms with E-state index in [9.17, 15) is 13.6 Å². The van der Waals surface area contributed by atoms with Crippen LogP contribution in [0.25, 0.3) is 0 Å². The van der Waals surface area contributed by atoms with Crippen LogP contribution >= 0.6 is 0 Å². The highest BCUT2D eigenvalue weighted by Gasteiger charge is 2.16. The zero-order chi connectivity index (χ0) is 13.3. The summed E-state index contributed by atoms with van der Waals surface area (Å²) in [7, 11) is 1.64. The van der Waals surface area contributed by atoms with E-state index in [2.05, 4.69) is 10.4 Å². The number of carbonyl (C=O) groups is 1. The highest BCUT2D eigenvalue weighted by molar-refractivity contribution is 6.04. The van der Waals surface area contributed by atoms with Crippen LogP contribution in [-0.2, 0) is 7.05 Å². The van der Waals surface area contributed by atoms with E-state index in [1.54, 1.807) is 20.0 Å². The van der Waals surface area contributed by atoms with Crippen LogP contribution in [0.15, 0.2) is 24.3 Å². The van der Waals surface area contributed by atoms with Gasteiger partial charge in [0.2, 0.25) is 0 Å². The third kappa shape index (κ3) is 2.22. The van der Waals surface area contributed by atoms with Crippen LogP contribution in [0.4, 0.5) is 14.6 Å². The van der Waals surface area contributed by atoms with Gasteiger partial charge in [0.1, 0.15) is 5.82 Å². The molecule has 0 aliphatic rings. The van der Waals surface area contributed by atoms with Crippen molar-refractivity contribution in [3.05, 3.63) is 47.2 Å². The second kappa shape index (κ2) is 4.56. The molecule has 0 aliphatic carbocycles. The van der Waals surface area contributed by atoms with E-state index in [-0.39, 0.29) is 5.56 Å². The number of hydrogen-bond donors (Lipinski definition) is 1. The number of benzene rings is 1. The van der Waals surface area contributed by atoms with E-state index in [4.69, 9.17) is 0 Å². The summed E-state index contributed by atoms with van der Waals surface area (Å²) in [6.45, 7) is 1.76. The van der Waals surface area contributed by atoms with Crippen molar-refractivity contribution in [3.8, 4) is 0 Å². The van der Waals surface area contributed by atoms with Crippen molar-refractivity contribution in [2.75, 3.05) is 5.32 Å². The molecule has 0 saturated carbocycles. The molecule has 2 aromatic rings. The van der Waals surface area contributed by atoms with Crippen molar-refractivity contribution in [2.45, 2.75) is 6.92 Å². The van der Waals surface area contributed by atoms with Gasteiger partial charge < -0.3 is 5.32 Å². The summed E-state index contributed by atoms with van der Waals surface area (Å²) in [4.78, 5) is 11.8. The molecule has 1 N–H and O–H groups in total. The summed E-state index contributed by atoms with van der Waals surface area (Å²) in [6, 6.07) is 5.09. The molecule has 0 atom stereocenters. The first-order valence-electron chi connectivity index (χ1n) is 5.25. The molecule has 94 valence electrons. The number of aromatic nitrogens is 2. The third-order valence-electron chi connectivity index (χ3n) is 2.44. The minimum Gasteiger partial charge on any atom is -0.307 e. The topological polar surface area (TPSA) is 46.9 Å². The van der Waals surface area contributed by atoms with E-state index < -0.39 is 17.5 Å². The SMILES string of the molecule is Cc1cc(NC(=O)c2cccc(F)c2F)n(C)n1. The molecule has 0 spiro atoms. The average molecular weight is 251 g/mol. The molecule has 1 amide bonds. The Morgan fingerprint density at radius 1 is 1.39 bits per heavy atom. The first kappa shape index (κ1) is 12.2. The minimum absolute atomic E-state index is 0.339. The molecule has 0 aliphatic heterocycles. The lowest BCUT2D eigenvalue weighted by atomic mass is 10.2. The number of amides is 1. The Labute approximate surface area is 102 Å². The molecular weight excluding hydrogens is 240 g/mol. The van der Waals surface area contributed by atoms with Crippen LogP contribution in [0.3, 0.4) is 0 Å². The summed E-state index contributed by atoms with van der Waals surface area (Å²) < 4.78 is 27.8. The van der Waals surface area contributed by atoms with Crippen molar-refractivity contribution < 1.29 is 13.6 Å². The van der Waals surface area contributed by atoms with Crippen LogP contribution in [0, 0.1) is 18.6 Å². The Morgan fingerprint density at radius 3 is 2.72 bits per heavy atom. The van der Waals surface area contributed by atoms with Gasteiger partial charge in [0.25, 0.3) is 5.91 Å². The van der Waals surface area contributed by atoms with Gasteiger partial charge in [-0.25, -0.2) is 8.78 Å². The maximum atomic E-state index is 13.4. The van der Waals surface area contributed by atoms with Crippen molar-refractivity contribution in [3.63, 3.8) is 0 Å². The zero-order valence-corrected chi connectivity index (χ0v) is 9.87. The maximum absolute atomic E-state index is 13.4. The monoisotopic (exact) mass is 251 g/mol. The van der Waals surface area contributed by atoms with Crippen LogP contribution in [-0.4, -0.2) is 15.7 Å². The van der Waals surface area contributed by atoms with Crippen molar-refractivity contribution in [1.82, 2.24) is 9.78 Å². The summed E-state index contributed by atoms with van der Waals surface area (Å²) in [5, 5.41) is 6.50. The highest BCUT2D eigenvalue weighted by atomic mass is 19.2. The van der Waals surface area contributed by atoms with E-state index in [1.807, 2.05) is 0 Å². The van der Waals surface area contributed by atoms with Gasteiger partial charge in [0.15, 0.2) is 11.6 Å². The molecule has 0 radical (unpaired) electrons. The normalized spacial score (nSPS) is 10.4. The predicted octanol–water partition coefficient (Wildman–Crippen LogP) is 2.26. The molecule has 1 aromatic carbocycles. The van der Waals surface area contributed by atoms with E-state index in [0.29, 0.717) is 11.5 Å². The van der Waals surface area contributed by atoms with Crippen LogP contribution in [0.2, 0.25) is 0 Å². The smallest absolute Gasteiger partial charge is 0.259 e. The Morgan fingerprint density at radius 2 is 2.11 bits per heavy atom. The van der Waals surface area contributed by atoms with Crippen molar-refractivity contribution in [1.29, 1.82) is 0 Å². The van der Waals surface area contributed by atoms with Gasteiger partial charge in [-0.1, -0.05) is 6.07 Å². The lowest BCUT2D eigenvalue weighted by Gasteiger charge is -2.06. The first-order valence-corrected chi connectivity index (χ1v) is 5.25. The van der Waals surface area contributed by atoms with E-state index in [1.165, 1.54) is 16.8 Å². The number of rotatable bonds is 2. The highest BCUT2D eigenvalue weighted by Crippen LogP contribution is 2.14. The summed E-state index contributed by atoms with van der Waals surface area (Å²) in [5.74, 6) is -2.51. The zero-order valence-electron chi connectivity index (χ0n) is 9.87. The largest absolute Gasteiger partial charge is 0.307 e. The van der Waals surface area contributed by atoms with Crippen molar-refractivity contribution in [2.24, 2.45) is 7.05 Å². The molecule has 1 aromatic heterocycles. The standard InChI is InChI=1S/C12H11F2N3O/c1-7-6-10(17(2)16-7)15-12(18)8-4-3-5-9(13)11(8)14/h3-6H,1-2H3,(H,15,18). The molecule has 6 heteroatoms. The molecule has 0 unspecified atom stereocenters. The maximum Gasteiger partial charge on any atom is 0.259 e. The first-order chi connectivity index (χ1) is 8.49. The number of halogens is 2. The summed E-state index contributed by atoms with van der Waals surface area (Å²) >= 11 is 0. The molecule has 0 fully saturated rings. The van der Waals surface area contributed by atoms with E-state index in [0.717, 1.165) is 6.07 Å². The molecule has 18 heavy (non-hydrogen) atoms. The summed E-state index contributed by atoms with van der Waals surface area (Å²) in [5.41, 5.74) is 0.376. The van der Waals surface area contributed by atoms with Gasteiger partial charge in [-0.2, -0.15) is 5.10 Å². The minimum atomic E-state index is -1.16. The molecule has 1 heterocycles. The summed E-state index contributed by atoms with van der Waals surface area (Å²) in [6.07, 6.45) is 0. The second-order valence-electron chi connectivity index (χ2n) is 3.85. The Kier molecular flexibility index (Phi) is 3.10. The molecule has 0 saturated heterocycles. The van der Waals surface area contributed by atoms with Crippen LogP contribution in [0.1, 0.15) is 16.1 Å². The van der Waals surface area contributed by atoms with Gasteiger partial charge in [0, 0.05) is 13.1 Å². The van der Waals surface area contributed by atoms with E-state index >= 15 is 0 Å². The quantitative estimate of drug-likeness (QED) is 0.889. The molecular formula is C12H11F2N3O. The van der Waals surface area contributed by atoms with Crippen LogP contribution < -0.4 is 5.32 Å². The van der Waals surface area contributed by atoms with Gasteiger partial charge >= 0.3 is 0 Å². The predicted molar refractivity (Wildman–Crippen MR) is 62.3 cm³/mol. The van der Waals surface area contributed by atoms with Gasteiger partial charge in [-0.05, 0) is 19.1 Å². The Hall–Kier alpha value is -2.24. The number of nitrogens with zero attached hydrogens (tertiary/aromatic N) is 2. The van der Waals surface area contributed by atoms with Crippen molar-refractivity contribution >= 4 is 11.7 Å². The van der Waals surface area contributed by atoms with Gasteiger partial charge in [-0.3, -0.25) is 9.48 Å². The number of carbonyl (C=O) groups excluding carboxylic acids is 1. The number of nitrogens with one attached hydrogen (secondary N) is 1. The average Bonchev–Trinajstić information content (AvgIpc) is 2.61. The number of hydrogen-bond acceptors (Lipinski definition) is 2. The molecule has 2 rings (SSSR count). The lowest BCUT2D eigenvalue weighted by molar-refractivity contribution is 0.102. The number of anilines is 1. The Bertz CT molecular complexity index is 607. The number of aryl methyl sites for hydroxylation is 2.